The van der Waals surface area contributed by atoms with Crippen LogP contribution < -0.4 is 0 Å². The molecule has 0 heterocycles. The van der Waals surface area contributed by atoms with Gasteiger partial charge in [-0.2, -0.15) is 0 Å². The first kappa shape index (κ1) is 11.4. The molecule has 0 spiro atoms. The molecule has 0 aliphatic heterocycles. The van der Waals surface area contributed by atoms with Gasteiger partial charge < -0.3 is 0 Å². The lowest BCUT2D eigenvalue weighted by Gasteiger charge is -2.21. The first-order valence-electron chi connectivity index (χ1n) is 6.30. The van der Waals surface area contributed by atoms with Crippen molar-refractivity contribution in [3.05, 3.63) is 35.4 Å². The highest BCUT2D eigenvalue weighted by Crippen LogP contribution is 2.38. The molecule has 2 rings (SSSR count). The van der Waals surface area contributed by atoms with Crippen molar-refractivity contribution < 1.29 is 4.79 Å². The number of rotatable bonds is 3. The molecule has 1 aliphatic carbocycles. The molecule has 1 nitrogen and oxygen atoms in total. The largest absolute Gasteiger partial charge is 0.295 e. The monoisotopic (exact) mass is 216 g/mol. The number of benzene rings is 1. The second-order valence-corrected chi connectivity index (χ2v) is 4.98. The van der Waals surface area contributed by atoms with Crippen LogP contribution in [0.1, 0.15) is 61.4 Å². The van der Waals surface area contributed by atoms with E-state index >= 15 is 0 Å². The maximum absolute atomic E-state index is 11.6. The second kappa shape index (κ2) is 4.82. The lowest BCUT2D eigenvalue weighted by atomic mass is 9.83. The van der Waals surface area contributed by atoms with Gasteiger partial charge in [0.15, 0.2) is 5.78 Å². The summed E-state index contributed by atoms with van der Waals surface area (Å²) < 4.78 is 0. The van der Waals surface area contributed by atoms with E-state index in [9.17, 15) is 4.79 Å². The molecular formula is C15H20O. The molecular weight excluding hydrogens is 196 g/mol. The summed E-state index contributed by atoms with van der Waals surface area (Å²) in [6.07, 6.45) is 5.37. The molecule has 0 amide bonds. The summed E-state index contributed by atoms with van der Waals surface area (Å²) >= 11 is 0. The van der Waals surface area contributed by atoms with E-state index in [1.54, 1.807) is 6.92 Å². The van der Waals surface area contributed by atoms with Gasteiger partial charge >= 0.3 is 0 Å². The molecule has 1 saturated carbocycles. The Balaban J connectivity index is 2.27. The van der Waals surface area contributed by atoms with Gasteiger partial charge in [0, 0.05) is 5.56 Å². The molecule has 1 atom stereocenters. The number of carbonyl (C=O) groups is 1. The number of carbonyl (C=O) groups excluding carboxylic acids is 1. The fraction of sp³-hybridized carbons (Fsp3) is 0.533. The summed E-state index contributed by atoms with van der Waals surface area (Å²) in [5.74, 6) is 1.50. The highest BCUT2D eigenvalue weighted by molar-refractivity contribution is 5.95. The topological polar surface area (TPSA) is 17.1 Å². The highest BCUT2D eigenvalue weighted by atomic mass is 16.1. The van der Waals surface area contributed by atoms with Gasteiger partial charge in [-0.05, 0) is 37.2 Å². The van der Waals surface area contributed by atoms with Crippen LogP contribution in [0.5, 0.6) is 0 Å². The summed E-state index contributed by atoms with van der Waals surface area (Å²) in [4.78, 5) is 11.6. The summed E-state index contributed by atoms with van der Waals surface area (Å²) in [5, 5.41) is 0. The molecule has 1 aromatic carbocycles. The zero-order chi connectivity index (χ0) is 11.5. The average molecular weight is 216 g/mol. The van der Waals surface area contributed by atoms with Crippen molar-refractivity contribution in [3.8, 4) is 0 Å². The van der Waals surface area contributed by atoms with Crippen LogP contribution in [0.15, 0.2) is 24.3 Å². The van der Waals surface area contributed by atoms with Gasteiger partial charge in [0.1, 0.15) is 0 Å². The third-order valence-electron chi connectivity index (χ3n) is 3.94. The van der Waals surface area contributed by atoms with E-state index in [1.165, 1.54) is 31.2 Å². The molecule has 0 bridgehead atoms. The quantitative estimate of drug-likeness (QED) is 0.693. The van der Waals surface area contributed by atoms with E-state index in [4.69, 9.17) is 0 Å². The fourth-order valence-corrected chi connectivity index (χ4v) is 2.93. The van der Waals surface area contributed by atoms with Gasteiger partial charge in [0.2, 0.25) is 0 Å². The maximum Gasteiger partial charge on any atom is 0.160 e. The van der Waals surface area contributed by atoms with Crippen LogP contribution in [-0.2, 0) is 0 Å². The minimum Gasteiger partial charge on any atom is -0.295 e. The molecule has 1 aliphatic rings. The van der Waals surface area contributed by atoms with Crippen molar-refractivity contribution in [2.45, 2.75) is 45.4 Å². The molecule has 1 unspecified atom stereocenters. The van der Waals surface area contributed by atoms with Crippen LogP contribution >= 0.6 is 0 Å². The first-order chi connectivity index (χ1) is 7.70. The Bertz CT molecular complexity index is 375. The van der Waals surface area contributed by atoms with Crippen LogP contribution in [0.2, 0.25) is 0 Å². The first-order valence-corrected chi connectivity index (χ1v) is 6.30. The maximum atomic E-state index is 11.6. The van der Waals surface area contributed by atoms with Crippen LogP contribution in [0, 0.1) is 5.92 Å². The fourth-order valence-electron chi connectivity index (χ4n) is 2.93. The lowest BCUT2D eigenvalue weighted by Crippen LogP contribution is -2.10. The smallest absolute Gasteiger partial charge is 0.160 e. The van der Waals surface area contributed by atoms with E-state index < -0.39 is 0 Å². The molecule has 1 heteroatoms. The van der Waals surface area contributed by atoms with Crippen molar-refractivity contribution in [1.82, 2.24) is 0 Å². The predicted molar refractivity (Wildman–Crippen MR) is 66.8 cm³/mol. The second-order valence-electron chi connectivity index (χ2n) is 4.98. The lowest BCUT2D eigenvalue weighted by molar-refractivity contribution is 0.101. The summed E-state index contributed by atoms with van der Waals surface area (Å²) in [6.45, 7) is 3.94. The minimum absolute atomic E-state index is 0.195. The predicted octanol–water partition coefficient (Wildman–Crippen LogP) is 4.18. The van der Waals surface area contributed by atoms with Crippen molar-refractivity contribution >= 4 is 5.78 Å². The average Bonchev–Trinajstić information content (AvgIpc) is 2.81. The van der Waals surface area contributed by atoms with Crippen LogP contribution in [0.4, 0.5) is 0 Å². The van der Waals surface area contributed by atoms with Crippen molar-refractivity contribution in [1.29, 1.82) is 0 Å². The number of hydrogen-bond acceptors (Lipinski definition) is 1. The Hall–Kier alpha value is -1.11. The van der Waals surface area contributed by atoms with E-state index in [1.807, 2.05) is 18.2 Å². The van der Waals surface area contributed by atoms with E-state index in [0.29, 0.717) is 5.92 Å². The Labute approximate surface area is 97.9 Å². The standard InChI is InChI=1S/C15H20O/c1-11(13-7-3-4-8-13)14-9-5-6-10-15(14)12(2)16/h5-6,9-11,13H,3-4,7-8H2,1-2H3. The number of ketones is 1. The van der Waals surface area contributed by atoms with Crippen molar-refractivity contribution in [3.63, 3.8) is 0 Å². The Morgan fingerprint density at radius 3 is 2.50 bits per heavy atom. The van der Waals surface area contributed by atoms with E-state index in [2.05, 4.69) is 13.0 Å². The third-order valence-corrected chi connectivity index (χ3v) is 3.94. The third kappa shape index (κ3) is 2.18. The zero-order valence-corrected chi connectivity index (χ0v) is 10.2. The molecule has 0 radical (unpaired) electrons. The number of Topliss-reactive ketones (excluding diaryl/α,β-unsaturated/α-hetero) is 1. The zero-order valence-electron chi connectivity index (χ0n) is 10.2. The Morgan fingerprint density at radius 2 is 1.88 bits per heavy atom. The molecule has 0 N–H and O–H groups in total. The van der Waals surface area contributed by atoms with Gasteiger partial charge in [-0.25, -0.2) is 0 Å². The van der Waals surface area contributed by atoms with Gasteiger partial charge in [-0.15, -0.1) is 0 Å². The molecule has 86 valence electrons. The Kier molecular flexibility index (Phi) is 3.42. The highest BCUT2D eigenvalue weighted by Gasteiger charge is 2.24. The minimum atomic E-state index is 0.195. The molecule has 0 aromatic heterocycles. The molecule has 0 saturated heterocycles. The van der Waals surface area contributed by atoms with Crippen molar-refractivity contribution in [2.75, 3.05) is 0 Å². The van der Waals surface area contributed by atoms with Gasteiger partial charge in [0.25, 0.3) is 0 Å². The summed E-state index contributed by atoms with van der Waals surface area (Å²) in [6, 6.07) is 8.09. The molecule has 1 aromatic rings. The Morgan fingerprint density at radius 1 is 1.25 bits per heavy atom. The van der Waals surface area contributed by atoms with Crippen LogP contribution in [0.25, 0.3) is 0 Å². The van der Waals surface area contributed by atoms with Crippen LogP contribution in [0.3, 0.4) is 0 Å². The SMILES string of the molecule is CC(=O)c1ccccc1C(C)C1CCCC1. The van der Waals surface area contributed by atoms with Crippen molar-refractivity contribution in [2.24, 2.45) is 5.92 Å². The van der Waals surface area contributed by atoms with E-state index in [-0.39, 0.29) is 5.78 Å². The normalized spacial score (nSPS) is 18.6. The van der Waals surface area contributed by atoms with Crippen LogP contribution in [-0.4, -0.2) is 5.78 Å². The van der Waals surface area contributed by atoms with Gasteiger partial charge in [-0.3, -0.25) is 4.79 Å². The van der Waals surface area contributed by atoms with Gasteiger partial charge in [0.05, 0.1) is 0 Å². The number of hydrogen-bond donors (Lipinski definition) is 0. The van der Waals surface area contributed by atoms with Gasteiger partial charge in [-0.1, -0.05) is 44.0 Å². The summed E-state index contributed by atoms with van der Waals surface area (Å²) in [7, 11) is 0. The van der Waals surface area contributed by atoms with E-state index in [0.717, 1.165) is 11.5 Å². The molecule has 16 heavy (non-hydrogen) atoms. The summed E-state index contributed by atoms with van der Waals surface area (Å²) in [5.41, 5.74) is 2.17. The molecule has 1 fully saturated rings.